The Morgan fingerprint density at radius 1 is 1.42 bits per heavy atom. The molecule has 1 saturated heterocycles. The summed E-state index contributed by atoms with van der Waals surface area (Å²) in [7, 11) is 3.93. The molecule has 0 aromatic carbocycles. The van der Waals surface area contributed by atoms with Crippen LogP contribution in [0.1, 0.15) is 25.7 Å². The first-order valence-corrected chi connectivity index (χ1v) is 8.56. The van der Waals surface area contributed by atoms with Crippen molar-refractivity contribution in [2.75, 3.05) is 32.1 Å². The molecule has 4 rings (SSSR count). The second-order valence-corrected chi connectivity index (χ2v) is 7.20. The number of rotatable bonds is 2. The van der Waals surface area contributed by atoms with Gasteiger partial charge < -0.3 is 14.8 Å². The number of anilines is 1. The fraction of sp³-hybridized carbons (Fsp3) is 0.529. The Morgan fingerprint density at radius 3 is 2.83 bits per heavy atom. The maximum atomic E-state index is 8.48. The largest absolute Gasteiger partial charge is 0.365 e. The van der Waals surface area contributed by atoms with Crippen molar-refractivity contribution in [3.63, 3.8) is 0 Å². The first kappa shape index (κ1) is 16.7. The highest BCUT2D eigenvalue weighted by atomic mass is 32.1. The van der Waals surface area contributed by atoms with Crippen LogP contribution in [0, 0.1) is 16.7 Å². The summed E-state index contributed by atoms with van der Waals surface area (Å²) in [4.78, 5) is 16.3. The molecule has 1 aliphatic carbocycles. The van der Waals surface area contributed by atoms with Crippen molar-refractivity contribution >= 4 is 34.1 Å². The molecule has 1 saturated carbocycles. The summed E-state index contributed by atoms with van der Waals surface area (Å²) in [5.74, 6) is 0.946. The van der Waals surface area contributed by atoms with E-state index in [0.29, 0.717) is 11.8 Å². The molecule has 1 aliphatic heterocycles. The SMILES string of the molecule is CN(C)c1ncnc2[nH]ccc12.N#CCC(=S)N1CCC2(CC2)C1. The molecule has 126 valence electrons. The zero-order valence-corrected chi connectivity index (χ0v) is 14.9. The molecule has 2 aromatic heterocycles. The highest BCUT2D eigenvalue weighted by Crippen LogP contribution is 2.52. The minimum absolute atomic E-state index is 0.422. The molecule has 0 atom stereocenters. The van der Waals surface area contributed by atoms with Crippen LogP contribution in [-0.2, 0) is 0 Å². The van der Waals surface area contributed by atoms with Crippen LogP contribution < -0.4 is 4.90 Å². The predicted octanol–water partition coefficient (Wildman–Crippen LogP) is 2.74. The van der Waals surface area contributed by atoms with Gasteiger partial charge in [0, 0.05) is 33.4 Å². The van der Waals surface area contributed by atoms with Crippen LogP contribution in [-0.4, -0.2) is 52.0 Å². The van der Waals surface area contributed by atoms with Gasteiger partial charge in [-0.05, 0) is 30.7 Å². The zero-order valence-electron chi connectivity index (χ0n) is 14.1. The van der Waals surface area contributed by atoms with E-state index in [1.165, 1.54) is 19.3 Å². The average Bonchev–Trinajstić information content (AvgIpc) is 2.98. The Hall–Kier alpha value is -2.20. The van der Waals surface area contributed by atoms with Crippen molar-refractivity contribution < 1.29 is 0 Å². The lowest BCUT2D eigenvalue weighted by Gasteiger charge is -2.16. The van der Waals surface area contributed by atoms with Gasteiger partial charge >= 0.3 is 0 Å². The van der Waals surface area contributed by atoms with E-state index in [9.17, 15) is 0 Å². The molecule has 2 fully saturated rings. The molecule has 6 nitrogen and oxygen atoms in total. The van der Waals surface area contributed by atoms with E-state index in [1.807, 2.05) is 31.3 Å². The van der Waals surface area contributed by atoms with E-state index in [-0.39, 0.29) is 0 Å². The summed E-state index contributed by atoms with van der Waals surface area (Å²) < 4.78 is 0. The smallest absolute Gasteiger partial charge is 0.142 e. The molecular weight excluding hydrogens is 320 g/mol. The van der Waals surface area contributed by atoms with Crippen molar-refractivity contribution in [3.05, 3.63) is 18.6 Å². The third-order valence-corrected chi connectivity index (χ3v) is 5.14. The van der Waals surface area contributed by atoms with E-state index in [2.05, 4.69) is 25.9 Å². The Morgan fingerprint density at radius 2 is 2.21 bits per heavy atom. The normalized spacial score (nSPS) is 17.3. The second-order valence-electron chi connectivity index (χ2n) is 6.73. The van der Waals surface area contributed by atoms with E-state index >= 15 is 0 Å². The monoisotopic (exact) mass is 342 g/mol. The number of aromatic amines is 1. The van der Waals surface area contributed by atoms with Crippen molar-refractivity contribution in [2.45, 2.75) is 25.7 Å². The fourth-order valence-electron chi connectivity index (χ4n) is 3.13. The summed E-state index contributed by atoms with van der Waals surface area (Å²) in [6.07, 6.45) is 7.89. The molecule has 0 amide bonds. The Labute approximate surface area is 147 Å². The lowest BCUT2D eigenvalue weighted by Crippen LogP contribution is -2.26. The molecular formula is C17H22N6S. The van der Waals surface area contributed by atoms with Gasteiger partial charge in [0.1, 0.15) is 17.8 Å². The lowest BCUT2D eigenvalue weighted by atomic mass is 10.1. The maximum Gasteiger partial charge on any atom is 0.142 e. The highest BCUT2D eigenvalue weighted by Gasteiger charge is 2.47. The standard InChI is InChI=1S/C9H12N2S.C8H10N4/c10-5-1-8(12)11-6-4-9(7-11)2-3-9;1-12(2)8-6-3-4-9-7(6)10-5-11-8/h1-4,6-7H2;3-5H,1-2H3,(H,9,10,11). The van der Waals surface area contributed by atoms with Crippen LogP contribution in [0.5, 0.6) is 0 Å². The topological polar surface area (TPSA) is 71.8 Å². The lowest BCUT2D eigenvalue weighted by molar-refractivity contribution is 0.472. The van der Waals surface area contributed by atoms with Crippen LogP contribution in [0.4, 0.5) is 5.82 Å². The molecule has 7 heteroatoms. The van der Waals surface area contributed by atoms with Crippen LogP contribution in [0.3, 0.4) is 0 Å². The molecule has 3 heterocycles. The average molecular weight is 342 g/mol. The Kier molecular flexibility index (Phi) is 4.67. The van der Waals surface area contributed by atoms with Gasteiger partial charge in [-0.1, -0.05) is 12.2 Å². The molecule has 24 heavy (non-hydrogen) atoms. The summed E-state index contributed by atoms with van der Waals surface area (Å²) in [6.45, 7) is 2.20. The second kappa shape index (κ2) is 6.73. The maximum absolute atomic E-state index is 8.48. The predicted molar refractivity (Wildman–Crippen MR) is 98.9 cm³/mol. The number of aromatic nitrogens is 3. The third kappa shape index (κ3) is 3.49. The summed E-state index contributed by atoms with van der Waals surface area (Å²) >= 11 is 5.15. The number of H-pyrrole nitrogens is 1. The molecule has 0 bridgehead atoms. The molecule has 1 N–H and O–H groups in total. The van der Waals surface area contributed by atoms with Gasteiger partial charge in [-0.15, -0.1) is 0 Å². The van der Waals surface area contributed by atoms with Crippen LogP contribution in [0.25, 0.3) is 11.0 Å². The van der Waals surface area contributed by atoms with Crippen LogP contribution >= 0.6 is 12.2 Å². The first-order valence-electron chi connectivity index (χ1n) is 8.15. The first-order chi connectivity index (χ1) is 11.5. The number of fused-ring (bicyclic) bond motifs is 1. The van der Waals surface area contributed by atoms with Crippen molar-refractivity contribution in [1.29, 1.82) is 5.26 Å². The van der Waals surface area contributed by atoms with Gasteiger partial charge in [-0.2, -0.15) is 5.26 Å². The number of hydrogen-bond acceptors (Lipinski definition) is 5. The van der Waals surface area contributed by atoms with Gasteiger partial charge in [0.2, 0.25) is 0 Å². The molecule has 0 radical (unpaired) electrons. The number of nitrogens with one attached hydrogen (secondary N) is 1. The van der Waals surface area contributed by atoms with E-state index in [0.717, 1.165) is 34.9 Å². The van der Waals surface area contributed by atoms with Crippen LogP contribution in [0.15, 0.2) is 18.6 Å². The Balaban J connectivity index is 0.000000141. The van der Waals surface area contributed by atoms with Crippen molar-refractivity contribution in [3.8, 4) is 6.07 Å². The number of thiocarbonyl (C=S) groups is 1. The van der Waals surface area contributed by atoms with Gasteiger partial charge in [-0.25, -0.2) is 9.97 Å². The molecule has 2 aromatic rings. The van der Waals surface area contributed by atoms with Gasteiger partial charge in [0.15, 0.2) is 0 Å². The number of hydrogen-bond donors (Lipinski definition) is 1. The highest BCUT2D eigenvalue weighted by molar-refractivity contribution is 7.80. The summed E-state index contributed by atoms with van der Waals surface area (Å²) in [5, 5.41) is 9.54. The van der Waals surface area contributed by atoms with Gasteiger partial charge in [-0.3, -0.25) is 0 Å². The minimum atomic E-state index is 0.422. The van der Waals surface area contributed by atoms with E-state index in [4.69, 9.17) is 17.5 Å². The number of likely N-dealkylation sites (tertiary alicyclic amines) is 1. The van der Waals surface area contributed by atoms with Crippen molar-refractivity contribution in [2.24, 2.45) is 5.41 Å². The van der Waals surface area contributed by atoms with Crippen LogP contribution in [0.2, 0.25) is 0 Å². The zero-order chi connectivity index (χ0) is 17.2. The third-order valence-electron chi connectivity index (χ3n) is 4.73. The van der Waals surface area contributed by atoms with Gasteiger partial charge in [0.05, 0.1) is 22.9 Å². The number of nitrogens with zero attached hydrogens (tertiary/aromatic N) is 5. The molecule has 2 aliphatic rings. The quantitative estimate of drug-likeness (QED) is 0.846. The summed E-state index contributed by atoms with van der Waals surface area (Å²) in [5.41, 5.74) is 1.51. The van der Waals surface area contributed by atoms with E-state index < -0.39 is 0 Å². The van der Waals surface area contributed by atoms with Crippen molar-refractivity contribution in [1.82, 2.24) is 19.9 Å². The van der Waals surface area contributed by atoms with E-state index in [1.54, 1.807) is 6.33 Å². The Bertz CT molecular complexity index is 771. The fourth-order valence-corrected chi connectivity index (χ4v) is 3.35. The minimum Gasteiger partial charge on any atom is -0.365 e. The van der Waals surface area contributed by atoms with Gasteiger partial charge in [0.25, 0.3) is 0 Å². The molecule has 0 unspecified atom stereocenters. The molecule has 1 spiro atoms. The summed E-state index contributed by atoms with van der Waals surface area (Å²) in [6, 6.07) is 4.09. The number of nitriles is 1.